The number of methoxy groups -OCH3 is 1. The van der Waals surface area contributed by atoms with Gasteiger partial charge in [0.2, 0.25) is 5.88 Å². The number of nitrogens with zero attached hydrogens (tertiary/aromatic N) is 2. The van der Waals surface area contributed by atoms with Crippen LogP contribution in [0.1, 0.15) is 35.4 Å². The number of aliphatic hydroxyl groups excluding tert-OH is 1. The standard InChI is InChI=1S/C15H16N2O2/c1-19-13-6-2-5-12(17-13)15(18)11-8-7-10-4-3-9-16-14(10)11/h2-6,9,11,15,18H,7-8H2,1H3. The van der Waals surface area contributed by atoms with E-state index in [1.807, 2.05) is 18.2 Å². The average molecular weight is 256 g/mol. The van der Waals surface area contributed by atoms with Crippen molar-refractivity contribution < 1.29 is 9.84 Å². The number of fused-ring (bicyclic) bond motifs is 1. The largest absolute Gasteiger partial charge is 0.481 e. The Kier molecular flexibility index (Phi) is 3.17. The molecule has 3 rings (SSSR count). The summed E-state index contributed by atoms with van der Waals surface area (Å²) in [5, 5.41) is 10.5. The highest BCUT2D eigenvalue weighted by molar-refractivity contribution is 5.31. The summed E-state index contributed by atoms with van der Waals surface area (Å²) < 4.78 is 5.10. The van der Waals surface area contributed by atoms with Crippen LogP contribution in [-0.2, 0) is 6.42 Å². The molecule has 0 aliphatic heterocycles. The summed E-state index contributed by atoms with van der Waals surface area (Å²) in [5.74, 6) is 0.548. The minimum atomic E-state index is -0.633. The molecule has 2 heterocycles. The Morgan fingerprint density at radius 1 is 1.32 bits per heavy atom. The van der Waals surface area contributed by atoms with Gasteiger partial charge < -0.3 is 9.84 Å². The van der Waals surface area contributed by atoms with Gasteiger partial charge >= 0.3 is 0 Å². The van der Waals surface area contributed by atoms with Gasteiger partial charge in [-0.05, 0) is 30.5 Å². The van der Waals surface area contributed by atoms with Crippen LogP contribution < -0.4 is 4.74 Å². The molecule has 2 unspecified atom stereocenters. The van der Waals surface area contributed by atoms with Gasteiger partial charge in [-0.25, -0.2) is 4.98 Å². The Morgan fingerprint density at radius 3 is 3.05 bits per heavy atom. The third kappa shape index (κ3) is 2.19. The number of aromatic nitrogens is 2. The summed E-state index contributed by atoms with van der Waals surface area (Å²) in [7, 11) is 1.57. The third-order valence-electron chi connectivity index (χ3n) is 3.64. The van der Waals surface area contributed by atoms with Crippen molar-refractivity contribution in [2.45, 2.75) is 24.9 Å². The van der Waals surface area contributed by atoms with Gasteiger partial charge in [-0.15, -0.1) is 0 Å². The topological polar surface area (TPSA) is 55.2 Å². The second-order valence-corrected chi connectivity index (χ2v) is 4.74. The smallest absolute Gasteiger partial charge is 0.213 e. The molecule has 1 N–H and O–H groups in total. The van der Waals surface area contributed by atoms with E-state index in [0.29, 0.717) is 11.6 Å². The first-order valence-electron chi connectivity index (χ1n) is 6.42. The maximum Gasteiger partial charge on any atom is 0.213 e. The molecular formula is C15H16N2O2. The Hall–Kier alpha value is -1.94. The van der Waals surface area contributed by atoms with E-state index in [9.17, 15) is 5.11 Å². The molecule has 0 spiro atoms. The van der Waals surface area contributed by atoms with Crippen molar-refractivity contribution >= 4 is 0 Å². The fourth-order valence-electron chi connectivity index (χ4n) is 2.67. The van der Waals surface area contributed by atoms with Crippen molar-refractivity contribution in [2.75, 3.05) is 7.11 Å². The lowest BCUT2D eigenvalue weighted by Gasteiger charge is -2.18. The van der Waals surface area contributed by atoms with Crippen molar-refractivity contribution in [1.82, 2.24) is 9.97 Å². The van der Waals surface area contributed by atoms with E-state index >= 15 is 0 Å². The molecule has 0 bridgehead atoms. The quantitative estimate of drug-likeness (QED) is 0.915. The highest BCUT2D eigenvalue weighted by atomic mass is 16.5. The molecule has 2 aromatic rings. The Labute approximate surface area is 112 Å². The zero-order valence-corrected chi connectivity index (χ0v) is 10.8. The van der Waals surface area contributed by atoms with Gasteiger partial charge in [0.15, 0.2) is 0 Å². The normalized spacial score (nSPS) is 18.9. The Morgan fingerprint density at radius 2 is 2.21 bits per heavy atom. The summed E-state index contributed by atoms with van der Waals surface area (Å²) in [5.41, 5.74) is 2.87. The number of hydrogen-bond donors (Lipinski definition) is 1. The molecule has 19 heavy (non-hydrogen) atoms. The number of hydrogen-bond acceptors (Lipinski definition) is 4. The first-order valence-corrected chi connectivity index (χ1v) is 6.42. The third-order valence-corrected chi connectivity index (χ3v) is 3.64. The molecule has 0 aromatic carbocycles. The van der Waals surface area contributed by atoms with Crippen molar-refractivity contribution in [3.8, 4) is 5.88 Å². The summed E-state index contributed by atoms with van der Waals surface area (Å²) in [4.78, 5) is 8.72. The second kappa shape index (κ2) is 4.97. The summed E-state index contributed by atoms with van der Waals surface area (Å²) >= 11 is 0. The van der Waals surface area contributed by atoms with Gasteiger partial charge in [0.1, 0.15) is 6.10 Å². The van der Waals surface area contributed by atoms with Gasteiger partial charge in [-0.3, -0.25) is 4.98 Å². The van der Waals surface area contributed by atoms with Gasteiger partial charge in [-0.2, -0.15) is 0 Å². The molecular weight excluding hydrogens is 240 g/mol. The first-order chi connectivity index (χ1) is 9.29. The van der Waals surface area contributed by atoms with Crippen LogP contribution in [0.25, 0.3) is 0 Å². The van der Waals surface area contributed by atoms with Crippen LogP contribution in [0.15, 0.2) is 36.5 Å². The molecule has 98 valence electrons. The molecule has 2 atom stereocenters. The highest BCUT2D eigenvalue weighted by Gasteiger charge is 2.31. The molecule has 0 fully saturated rings. The molecule has 0 radical (unpaired) electrons. The summed E-state index contributed by atoms with van der Waals surface area (Å²) in [6.45, 7) is 0. The van der Waals surface area contributed by atoms with E-state index in [1.165, 1.54) is 5.56 Å². The lowest BCUT2D eigenvalue weighted by molar-refractivity contribution is 0.138. The van der Waals surface area contributed by atoms with E-state index in [-0.39, 0.29) is 5.92 Å². The van der Waals surface area contributed by atoms with Crippen LogP contribution in [0.3, 0.4) is 0 Å². The van der Waals surface area contributed by atoms with E-state index in [2.05, 4.69) is 16.0 Å². The fraction of sp³-hybridized carbons (Fsp3) is 0.333. The van der Waals surface area contributed by atoms with E-state index in [1.54, 1.807) is 19.4 Å². The average Bonchev–Trinajstić information content (AvgIpc) is 2.90. The van der Waals surface area contributed by atoms with Crippen LogP contribution in [0.5, 0.6) is 5.88 Å². The predicted octanol–water partition coefficient (Wildman–Crippen LogP) is 2.25. The Balaban J connectivity index is 1.90. The van der Waals surface area contributed by atoms with E-state index < -0.39 is 6.10 Å². The van der Waals surface area contributed by atoms with Crippen molar-refractivity contribution in [3.63, 3.8) is 0 Å². The maximum atomic E-state index is 10.5. The Bertz CT molecular complexity index is 586. The summed E-state index contributed by atoms with van der Waals surface area (Å²) in [6, 6.07) is 9.47. The van der Waals surface area contributed by atoms with Crippen LogP contribution in [-0.4, -0.2) is 22.2 Å². The highest BCUT2D eigenvalue weighted by Crippen LogP contribution is 2.39. The zero-order chi connectivity index (χ0) is 13.2. The van der Waals surface area contributed by atoms with Crippen molar-refractivity contribution in [2.24, 2.45) is 0 Å². The van der Waals surface area contributed by atoms with Gasteiger partial charge in [0.05, 0.1) is 12.8 Å². The van der Waals surface area contributed by atoms with E-state index in [0.717, 1.165) is 18.5 Å². The van der Waals surface area contributed by atoms with Crippen molar-refractivity contribution in [3.05, 3.63) is 53.5 Å². The van der Waals surface area contributed by atoms with Gasteiger partial charge in [0.25, 0.3) is 0 Å². The lowest BCUT2D eigenvalue weighted by atomic mass is 9.96. The van der Waals surface area contributed by atoms with Crippen molar-refractivity contribution in [1.29, 1.82) is 0 Å². The number of aryl methyl sites for hydroxylation is 1. The zero-order valence-electron chi connectivity index (χ0n) is 10.8. The fourth-order valence-corrected chi connectivity index (χ4v) is 2.67. The van der Waals surface area contributed by atoms with Gasteiger partial charge in [0, 0.05) is 23.9 Å². The molecule has 1 aliphatic rings. The second-order valence-electron chi connectivity index (χ2n) is 4.74. The number of rotatable bonds is 3. The first kappa shape index (κ1) is 12.1. The molecule has 4 heteroatoms. The number of aliphatic hydroxyl groups is 1. The molecule has 0 amide bonds. The maximum absolute atomic E-state index is 10.5. The number of pyridine rings is 2. The van der Waals surface area contributed by atoms with Crippen LogP contribution in [0.4, 0.5) is 0 Å². The monoisotopic (exact) mass is 256 g/mol. The van der Waals surface area contributed by atoms with Crippen LogP contribution >= 0.6 is 0 Å². The van der Waals surface area contributed by atoms with Gasteiger partial charge in [-0.1, -0.05) is 12.1 Å². The SMILES string of the molecule is COc1cccc(C(O)C2CCc3cccnc32)n1. The molecule has 0 saturated heterocycles. The predicted molar refractivity (Wildman–Crippen MR) is 71.0 cm³/mol. The molecule has 4 nitrogen and oxygen atoms in total. The number of ether oxygens (including phenoxy) is 1. The van der Waals surface area contributed by atoms with Crippen LogP contribution in [0.2, 0.25) is 0 Å². The molecule has 0 saturated carbocycles. The minimum absolute atomic E-state index is 0.0239. The van der Waals surface area contributed by atoms with E-state index in [4.69, 9.17) is 4.74 Å². The lowest BCUT2D eigenvalue weighted by Crippen LogP contribution is -2.11. The summed E-state index contributed by atoms with van der Waals surface area (Å²) in [6.07, 6.45) is 3.02. The molecule has 2 aromatic heterocycles. The minimum Gasteiger partial charge on any atom is -0.481 e. The van der Waals surface area contributed by atoms with Crippen LogP contribution in [0, 0.1) is 0 Å². The molecule has 1 aliphatic carbocycles.